The molecule has 4 nitrogen and oxygen atoms in total. The lowest BCUT2D eigenvalue weighted by molar-refractivity contribution is -0.117. The summed E-state index contributed by atoms with van der Waals surface area (Å²) in [6, 6.07) is 14.4. The van der Waals surface area contributed by atoms with E-state index in [1.165, 1.54) is 18.2 Å². The maximum absolute atomic E-state index is 13.6. The van der Waals surface area contributed by atoms with Crippen LogP contribution in [0.15, 0.2) is 54.6 Å². The minimum atomic E-state index is -0.346. The van der Waals surface area contributed by atoms with E-state index in [4.69, 9.17) is 4.74 Å². The summed E-state index contributed by atoms with van der Waals surface area (Å²) in [4.78, 5) is 14.6. The van der Waals surface area contributed by atoms with Gasteiger partial charge in [0.15, 0.2) is 0 Å². The molecule has 1 fully saturated rings. The molecule has 2 aromatic rings. The quantitative estimate of drug-likeness (QED) is 0.783. The van der Waals surface area contributed by atoms with Crippen LogP contribution in [0.4, 0.5) is 10.1 Å². The summed E-state index contributed by atoms with van der Waals surface area (Å²) in [6.45, 7) is 7.80. The summed E-state index contributed by atoms with van der Waals surface area (Å²) < 4.78 is 19.5. The van der Waals surface area contributed by atoms with Gasteiger partial charge in [0.2, 0.25) is 5.91 Å². The highest BCUT2D eigenvalue weighted by atomic mass is 19.1. The summed E-state index contributed by atoms with van der Waals surface area (Å²) in [7, 11) is 0. The zero-order valence-electron chi connectivity index (χ0n) is 16.6. The largest absolute Gasteiger partial charge is 0.372 e. The van der Waals surface area contributed by atoms with E-state index < -0.39 is 0 Å². The van der Waals surface area contributed by atoms with Crippen molar-refractivity contribution in [3.05, 3.63) is 71.6 Å². The van der Waals surface area contributed by atoms with Gasteiger partial charge in [-0.15, -0.1) is 0 Å². The van der Waals surface area contributed by atoms with Crippen molar-refractivity contribution in [2.75, 3.05) is 18.0 Å². The fourth-order valence-electron chi connectivity index (χ4n) is 3.50. The number of hydrogen-bond donors (Lipinski definition) is 1. The van der Waals surface area contributed by atoms with Crippen LogP contribution in [0.2, 0.25) is 0 Å². The molecule has 0 bridgehead atoms. The van der Waals surface area contributed by atoms with Crippen molar-refractivity contribution in [1.29, 1.82) is 0 Å². The molecular formula is C23H27FN2O2. The molecule has 0 spiro atoms. The molecule has 0 aromatic heterocycles. The highest BCUT2D eigenvalue weighted by Gasteiger charge is 2.22. The Balaban J connectivity index is 1.65. The standard InChI is InChI=1S/C23H27FN2O2/c1-16-14-26(15-17(2)28-16)21-9-6-8-20(13-21)18(3)25-23(27)12-11-19-7-4-5-10-22(19)24/h4-13,16-18H,14-15H2,1-3H3,(H,25,27)/t16-,17+,18-/m0/s1. The average molecular weight is 382 g/mol. The second-order valence-corrected chi connectivity index (χ2v) is 7.34. The lowest BCUT2D eigenvalue weighted by Crippen LogP contribution is -2.45. The lowest BCUT2D eigenvalue weighted by Gasteiger charge is -2.37. The maximum Gasteiger partial charge on any atom is 0.244 e. The first-order chi connectivity index (χ1) is 13.4. The number of carbonyl (C=O) groups is 1. The third-order valence-electron chi connectivity index (χ3n) is 4.83. The fourth-order valence-corrected chi connectivity index (χ4v) is 3.50. The van der Waals surface area contributed by atoms with Gasteiger partial charge in [0.05, 0.1) is 18.2 Å². The van der Waals surface area contributed by atoms with E-state index in [2.05, 4.69) is 36.2 Å². The van der Waals surface area contributed by atoms with Crippen LogP contribution in [0.1, 0.15) is 37.9 Å². The Kier molecular flexibility index (Phi) is 6.47. The van der Waals surface area contributed by atoms with E-state index >= 15 is 0 Å². The van der Waals surface area contributed by atoms with E-state index in [0.29, 0.717) is 5.56 Å². The van der Waals surface area contributed by atoms with Crippen molar-refractivity contribution in [2.45, 2.75) is 39.0 Å². The first-order valence-electron chi connectivity index (χ1n) is 9.66. The van der Waals surface area contributed by atoms with Crippen molar-refractivity contribution in [1.82, 2.24) is 5.32 Å². The summed E-state index contributed by atoms with van der Waals surface area (Å²) in [5, 5.41) is 2.94. The van der Waals surface area contributed by atoms with E-state index in [9.17, 15) is 9.18 Å². The van der Waals surface area contributed by atoms with Gasteiger partial charge in [-0.3, -0.25) is 4.79 Å². The Labute approximate surface area is 166 Å². The van der Waals surface area contributed by atoms with Crippen LogP contribution in [-0.2, 0) is 9.53 Å². The molecule has 0 aliphatic carbocycles. The Hall–Kier alpha value is -2.66. The van der Waals surface area contributed by atoms with Gasteiger partial charge in [-0.25, -0.2) is 4.39 Å². The summed E-state index contributed by atoms with van der Waals surface area (Å²) in [5.74, 6) is -0.601. The van der Waals surface area contributed by atoms with Gasteiger partial charge >= 0.3 is 0 Å². The monoisotopic (exact) mass is 382 g/mol. The van der Waals surface area contributed by atoms with Crippen LogP contribution in [-0.4, -0.2) is 31.2 Å². The van der Waals surface area contributed by atoms with Crippen molar-refractivity contribution in [2.24, 2.45) is 0 Å². The summed E-state index contributed by atoms with van der Waals surface area (Å²) >= 11 is 0. The highest BCUT2D eigenvalue weighted by Crippen LogP contribution is 2.24. The van der Waals surface area contributed by atoms with Crippen molar-refractivity contribution in [3.63, 3.8) is 0 Å². The number of anilines is 1. The van der Waals surface area contributed by atoms with E-state index in [1.807, 2.05) is 19.1 Å². The van der Waals surface area contributed by atoms with E-state index in [1.54, 1.807) is 18.2 Å². The highest BCUT2D eigenvalue weighted by molar-refractivity contribution is 5.92. The molecule has 5 heteroatoms. The van der Waals surface area contributed by atoms with Gasteiger partial charge in [-0.1, -0.05) is 30.3 Å². The molecule has 3 rings (SSSR count). The SMILES string of the molecule is C[C@@H]1CN(c2cccc([C@H](C)NC(=O)C=Cc3ccccc3F)c2)C[C@H](C)O1. The minimum Gasteiger partial charge on any atom is -0.372 e. The first kappa shape index (κ1) is 20.1. The molecule has 1 amide bonds. The summed E-state index contributed by atoms with van der Waals surface area (Å²) in [5.41, 5.74) is 2.54. The van der Waals surface area contributed by atoms with Crippen molar-refractivity contribution < 1.29 is 13.9 Å². The number of morpholine rings is 1. The van der Waals surface area contributed by atoms with Crippen LogP contribution in [0.3, 0.4) is 0 Å². The second-order valence-electron chi connectivity index (χ2n) is 7.34. The molecular weight excluding hydrogens is 355 g/mol. The van der Waals surface area contributed by atoms with Crippen LogP contribution in [0.5, 0.6) is 0 Å². The Bertz CT molecular complexity index is 842. The summed E-state index contributed by atoms with van der Waals surface area (Å²) in [6.07, 6.45) is 3.23. The number of nitrogens with zero attached hydrogens (tertiary/aromatic N) is 1. The van der Waals surface area contributed by atoms with Gasteiger partial charge in [-0.2, -0.15) is 0 Å². The molecule has 1 heterocycles. The predicted molar refractivity (Wildman–Crippen MR) is 111 cm³/mol. The molecule has 3 atom stereocenters. The molecule has 1 saturated heterocycles. The van der Waals surface area contributed by atoms with Crippen LogP contribution < -0.4 is 10.2 Å². The normalized spacial score (nSPS) is 20.9. The number of hydrogen-bond acceptors (Lipinski definition) is 3. The number of amides is 1. The fraction of sp³-hybridized carbons (Fsp3) is 0.348. The number of rotatable bonds is 5. The van der Waals surface area contributed by atoms with Crippen LogP contribution in [0, 0.1) is 5.82 Å². The van der Waals surface area contributed by atoms with Gasteiger partial charge in [0.1, 0.15) is 5.82 Å². The maximum atomic E-state index is 13.6. The predicted octanol–water partition coefficient (Wildman–Crippen LogP) is 4.33. The first-order valence-corrected chi connectivity index (χ1v) is 9.66. The Morgan fingerprint density at radius 3 is 2.61 bits per heavy atom. The van der Waals surface area contributed by atoms with Gasteiger partial charge in [-0.05, 0) is 50.6 Å². The molecule has 1 aliphatic rings. The number of ether oxygens (including phenoxy) is 1. The zero-order valence-corrected chi connectivity index (χ0v) is 16.6. The molecule has 0 unspecified atom stereocenters. The molecule has 1 N–H and O–H groups in total. The lowest BCUT2D eigenvalue weighted by atomic mass is 10.1. The Morgan fingerprint density at radius 1 is 1.18 bits per heavy atom. The topological polar surface area (TPSA) is 41.6 Å². The second kappa shape index (κ2) is 9.02. The van der Waals surface area contributed by atoms with Crippen LogP contribution >= 0.6 is 0 Å². The van der Waals surface area contributed by atoms with E-state index in [0.717, 1.165) is 24.3 Å². The van der Waals surface area contributed by atoms with Gasteiger partial charge < -0.3 is 15.0 Å². The number of carbonyl (C=O) groups excluding carboxylic acids is 1. The number of halogens is 1. The molecule has 0 saturated carbocycles. The van der Waals surface area contributed by atoms with Crippen molar-refractivity contribution >= 4 is 17.7 Å². The smallest absolute Gasteiger partial charge is 0.244 e. The van der Waals surface area contributed by atoms with Crippen LogP contribution in [0.25, 0.3) is 6.08 Å². The Morgan fingerprint density at radius 2 is 1.89 bits per heavy atom. The van der Waals surface area contributed by atoms with Gasteiger partial charge in [0.25, 0.3) is 0 Å². The molecule has 2 aromatic carbocycles. The third kappa shape index (κ3) is 5.20. The molecule has 1 aliphatic heterocycles. The number of nitrogens with one attached hydrogen (secondary N) is 1. The third-order valence-corrected chi connectivity index (χ3v) is 4.83. The molecule has 28 heavy (non-hydrogen) atoms. The zero-order chi connectivity index (χ0) is 20.1. The van der Waals surface area contributed by atoms with Gasteiger partial charge in [0, 0.05) is 30.4 Å². The molecule has 0 radical (unpaired) electrons. The van der Waals surface area contributed by atoms with Crippen molar-refractivity contribution in [3.8, 4) is 0 Å². The minimum absolute atomic E-state index is 0.159. The average Bonchev–Trinajstić information content (AvgIpc) is 2.66. The number of benzene rings is 2. The molecule has 148 valence electrons. The van der Waals surface area contributed by atoms with E-state index in [-0.39, 0.29) is 30.0 Å².